The molecule has 3 aromatic rings. The first-order valence-corrected chi connectivity index (χ1v) is 8.95. The van der Waals surface area contributed by atoms with E-state index in [1.54, 1.807) is 49.4 Å². The predicted molar refractivity (Wildman–Crippen MR) is 113 cm³/mol. The lowest BCUT2D eigenvalue weighted by molar-refractivity contribution is -0.384. The van der Waals surface area contributed by atoms with Gasteiger partial charge in [-0.15, -0.1) is 10.2 Å². The minimum atomic E-state index is -0.489. The van der Waals surface area contributed by atoms with E-state index in [-0.39, 0.29) is 11.4 Å². The van der Waals surface area contributed by atoms with E-state index >= 15 is 0 Å². The van der Waals surface area contributed by atoms with E-state index in [2.05, 4.69) is 20.5 Å². The molecule has 0 fully saturated rings. The van der Waals surface area contributed by atoms with Crippen molar-refractivity contribution in [2.24, 2.45) is 20.5 Å². The van der Waals surface area contributed by atoms with Crippen LogP contribution in [-0.2, 0) is 0 Å². The van der Waals surface area contributed by atoms with Crippen molar-refractivity contribution in [1.29, 1.82) is 0 Å². The van der Waals surface area contributed by atoms with Gasteiger partial charge in [0.25, 0.3) is 5.69 Å². The third-order valence-electron chi connectivity index (χ3n) is 4.06. The van der Waals surface area contributed by atoms with E-state index in [0.717, 1.165) is 11.1 Å². The second-order valence-electron chi connectivity index (χ2n) is 6.33. The van der Waals surface area contributed by atoms with E-state index in [0.29, 0.717) is 27.8 Å². The van der Waals surface area contributed by atoms with Crippen LogP contribution in [0, 0.1) is 24.0 Å². The van der Waals surface area contributed by atoms with Crippen molar-refractivity contribution in [3.05, 3.63) is 80.9 Å². The molecule has 0 spiro atoms. The molecular weight excluding hydrogens is 392 g/mol. The highest BCUT2D eigenvalue weighted by Gasteiger charge is 2.13. The van der Waals surface area contributed by atoms with Gasteiger partial charge >= 0.3 is 0 Å². The fourth-order valence-corrected chi connectivity index (χ4v) is 2.66. The highest BCUT2D eigenvalue weighted by atomic mass is 35.5. The summed E-state index contributed by atoms with van der Waals surface area (Å²) in [7, 11) is 0. The third-order valence-corrected chi connectivity index (χ3v) is 4.36. The van der Waals surface area contributed by atoms with E-state index in [1.165, 1.54) is 6.07 Å². The summed E-state index contributed by atoms with van der Waals surface area (Å²) in [6.07, 6.45) is 0. The molecule has 29 heavy (non-hydrogen) atoms. The van der Waals surface area contributed by atoms with Gasteiger partial charge in [0.05, 0.1) is 21.3 Å². The van der Waals surface area contributed by atoms with E-state index in [9.17, 15) is 10.1 Å². The molecule has 0 unspecified atom stereocenters. The minimum Gasteiger partial charge on any atom is -0.399 e. The van der Waals surface area contributed by atoms with E-state index < -0.39 is 4.92 Å². The van der Waals surface area contributed by atoms with Gasteiger partial charge in [-0.3, -0.25) is 10.1 Å². The highest BCUT2D eigenvalue weighted by Crippen LogP contribution is 2.33. The van der Waals surface area contributed by atoms with Crippen LogP contribution in [0.15, 0.2) is 75.1 Å². The lowest BCUT2D eigenvalue weighted by atomic mass is 10.2. The molecule has 0 heterocycles. The van der Waals surface area contributed by atoms with Crippen molar-refractivity contribution in [2.75, 3.05) is 5.73 Å². The molecule has 3 rings (SSSR count). The number of nitrogens with two attached hydrogens (primary N) is 1. The molecule has 0 saturated heterocycles. The summed E-state index contributed by atoms with van der Waals surface area (Å²) in [4.78, 5) is 10.7. The summed E-state index contributed by atoms with van der Waals surface area (Å²) >= 11 is 6.25. The lowest BCUT2D eigenvalue weighted by Crippen LogP contribution is -1.88. The van der Waals surface area contributed by atoms with Crippen LogP contribution in [0.5, 0.6) is 0 Å². The van der Waals surface area contributed by atoms with Crippen LogP contribution in [0.1, 0.15) is 11.1 Å². The van der Waals surface area contributed by atoms with Gasteiger partial charge in [-0.1, -0.05) is 17.7 Å². The second-order valence-corrected chi connectivity index (χ2v) is 6.73. The minimum absolute atomic E-state index is 0.107. The maximum absolute atomic E-state index is 11.2. The van der Waals surface area contributed by atoms with E-state index in [1.807, 2.05) is 13.0 Å². The van der Waals surface area contributed by atoms with Crippen LogP contribution in [0.2, 0.25) is 5.02 Å². The molecule has 0 radical (unpaired) electrons. The number of hydrogen-bond donors (Lipinski definition) is 1. The SMILES string of the molecule is Cc1ccc(N=Nc2ccc(N=Nc3ccc(N)c(C)c3)c(Cl)c2)c([N+](=O)[O-])c1. The first-order valence-electron chi connectivity index (χ1n) is 8.57. The molecule has 9 heteroatoms. The van der Waals surface area contributed by atoms with Crippen LogP contribution >= 0.6 is 11.6 Å². The largest absolute Gasteiger partial charge is 0.399 e. The predicted octanol–water partition coefficient (Wildman–Crippen LogP) is 7.28. The average molecular weight is 409 g/mol. The summed E-state index contributed by atoms with van der Waals surface area (Å²) in [6.45, 7) is 3.66. The maximum Gasteiger partial charge on any atom is 0.296 e. The maximum atomic E-state index is 11.2. The number of nitro benzene ring substituents is 1. The van der Waals surface area contributed by atoms with Crippen LogP contribution in [-0.4, -0.2) is 4.92 Å². The van der Waals surface area contributed by atoms with Gasteiger partial charge in [0.1, 0.15) is 5.69 Å². The van der Waals surface area contributed by atoms with Gasteiger partial charge in [0, 0.05) is 11.8 Å². The lowest BCUT2D eigenvalue weighted by Gasteiger charge is -2.01. The number of aryl methyl sites for hydroxylation is 2. The van der Waals surface area contributed by atoms with Gasteiger partial charge in [0.2, 0.25) is 0 Å². The Morgan fingerprint density at radius 2 is 1.48 bits per heavy atom. The first kappa shape index (κ1) is 20.1. The number of nitrogens with zero attached hydrogens (tertiary/aromatic N) is 5. The smallest absolute Gasteiger partial charge is 0.296 e. The summed E-state index contributed by atoms with van der Waals surface area (Å²) in [5.74, 6) is 0. The Hall–Kier alpha value is -3.65. The van der Waals surface area contributed by atoms with Gasteiger partial charge in [-0.05, 0) is 67.4 Å². The Labute approximate surface area is 171 Å². The van der Waals surface area contributed by atoms with Crippen molar-refractivity contribution in [3.8, 4) is 0 Å². The molecule has 146 valence electrons. The molecule has 0 saturated carbocycles. The van der Waals surface area contributed by atoms with Gasteiger partial charge in [0.15, 0.2) is 5.69 Å². The molecular formula is C20H17ClN6O2. The van der Waals surface area contributed by atoms with Gasteiger partial charge < -0.3 is 5.73 Å². The molecule has 0 bridgehead atoms. The Morgan fingerprint density at radius 1 is 0.862 bits per heavy atom. The summed E-state index contributed by atoms with van der Waals surface area (Å²) in [5.41, 5.74) is 9.77. The molecule has 8 nitrogen and oxygen atoms in total. The molecule has 0 atom stereocenters. The number of anilines is 1. The Morgan fingerprint density at radius 3 is 2.14 bits per heavy atom. The Kier molecular flexibility index (Phi) is 5.94. The van der Waals surface area contributed by atoms with Crippen molar-refractivity contribution < 1.29 is 4.92 Å². The molecule has 2 N–H and O–H groups in total. The van der Waals surface area contributed by atoms with Gasteiger partial charge in [-0.2, -0.15) is 10.2 Å². The molecule has 0 aliphatic rings. The normalized spacial score (nSPS) is 11.4. The fourth-order valence-electron chi connectivity index (χ4n) is 2.45. The molecule has 0 amide bonds. The second kappa shape index (κ2) is 8.57. The Balaban J connectivity index is 1.81. The summed E-state index contributed by atoms with van der Waals surface area (Å²) in [5, 5.41) is 27.8. The van der Waals surface area contributed by atoms with E-state index in [4.69, 9.17) is 17.3 Å². The van der Waals surface area contributed by atoms with Crippen molar-refractivity contribution in [3.63, 3.8) is 0 Å². The van der Waals surface area contributed by atoms with Crippen molar-refractivity contribution in [1.82, 2.24) is 0 Å². The zero-order chi connectivity index (χ0) is 21.0. The molecule has 3 aromatic carbocycles. The van der Waals surface area contributed by atoms with Crippen LogP contribution in [0.25, 0.3) is 0 Å². The standard InChI is InChI=1S/C20H17ClN6O2/c1-12-3-7-19(20(9-12)27(28)29)26-24-15-5-8-18(16(21)11-15)25-23-14-4-6-17(22)13(2)10-14/h3-11H,22H2,1-2H3. The third kappa shape index (κ3) is 4.99. The molecule has 0 aliphatic carbocycles. The average Bonchev–Trinajstić information content (AvgIpc) is 2.68. The number of nitrogen functional groups attached to an aromatic ring is 1. The first-order chi connectivity index (χ1) is 13.8. The number of nitro groups is 1. The topological polar surface area (TPSA) is 119 Å². The number of halogens is 1. The zero-order valence-electron chi connectivity index (χ0n) is 15.7. The van der Waals surface area contributed by atoms with Gasteiger partial charge in [-0.25, -0.2) is 0 Å². The monoisotopic (exact) mass is 408 g/mol. The summed E-state index contributed by atoms with van der Waals surface area (Å²) < 4.78 is 0. The Bertz CT molecular complexity index is 1140. The van der Waals surface area contributed by atoms with Crippen LogP contribution in [0.3, 0.4) is 0 Å². The number of rotatable bonds is 5. The van der Waals surface area contributed by atoms with Crippen molar-refractivity contribution >= 4 is 45.7 Å². The van der Waals surface area contributed by atoms with Crippen LogP contribution < -0.4 is 5.73 Å². The number of azo groups is 2. The number of benzene rings is 3. The molecule has 0 aromatic heterocycles. The quantitative estimate of drug-likeness (QED) is 0.206. The zero-order valence-corrected chi connectivity index (χ0v) is 16.5. The fraction of sp³-hybridized carbons (Fsp3) is 0.100. The molecule has 0 aliphatic heterocycles. The van der Waals surface area contributed by atoms with Crippen LogP contribution in [0.4, 0.5) is 34.1 Å². The highest BCUT2D eigenvalue weighted by molar-refractivity contribution is 6.33. The summed E-state index contributed by atoms with van der Waals surface area (Å²) in [6, 6.07) is 14.9. The number of hydrogen-bond acceptors (Lipinski definition) is 7. The van der Waals surface area contributed by atoms with Crippen molar-refractivity contribution in [2.45, 2.75) is 13.8 Å².